The zero-order valence-electron chi connectivity index (χ0n) is 8.89. The van der Waals surface area contributed by atoms with Crippen molar-refractivity contribution < 1.29 is 0 Å². The van der Waals surface area contributed by atoms with Crippen molar-refractivity contribution in [3.05, 3.63) is 28.8 Å². The molecule has 0 bridgehead atoms. The largest absolute Gasteiger partial charge is 0.383 e. The Bertz CT molecular complexity index is 316. The Labute approximate surface area is 90.4 Å². The number of benzene rings is 1. The number of nitrogens with two attached hydrogens (primary N) is 1. The van der Waals surface area contributed by atoms with E-state index in [1.807, 2.05) is 39.0 Å². The molecule has 0 heterocycles. The highest BCUT2D eigenvalue weighted by Crippen LogP contribution is 2.23. The summed E-state index contributed by atoms with van der Waals surface area (Å²) in [5, 5.41) is 4.07. The molecule has 0 atom stereocenters. The van der Waals surface area contributed by atoms with Crippen LogP contribution < -0.4 is 11.1 Å². The molecule has 3 heteroatoms. The lowest BCUT2D eigenvalue weighted by molar-refractivity contribution is 0.549. The molecule has 0 radical (unpaired) electrons. The summed E-state index contributed by atoms with van der Waals surface area (Å²) in [6, 6.07) is 5.82. The molecule has 0 saturated carbocycles. The Balaban J connectivity index is 2.73. The Morgan fingerprint density at radius 1 is 1.43 bits per heavy atom. The predicted molar refractivity (Wildman–Crippen MR) is 62.9 cm³/mol. The molecule has 78 valence electrons. The first-order chi connectivity index (χ1) is 6.40. The SMILES string of the molecule is Cc1c(Cl)cccc1NCC(C)(C)N. The van der Waals surface area contributed by atoms with Crippen LogP contribution in [0.4, 0.5) is 5.69 Å². The molecular weight excluding hydrogens is 196 g/mol. The van der Waals surface area contributed by atoms with Crippen LogP contribution in [0.25, 0.3) is 0 Å². The fourth-order valence-corrected chi connectivity index (χ4v) is 1.30. The van der Waals surface area contributed by atoms with Gasteiger partial charge in [0.2, 0.25) is 0 Å². The second-order valence-electron chi connectivity index (χ2n) is 4.25. The molecule has 0 aliphatic rings. The van der Waals surface area contributed by atoms with Gasteiger partial charge < -0.3 is 11.1 Å². The highest BCUT2D eigenvalue weighted by atomic mass is 35.5. The molecule has 0 aliphatic heterocycles. The van der Waals surface area contributed by atoms with Gasteiger partial charge >= 0.3 is 0 Å². The van der Waals surface area contributed by atoms with E-state index in [1.165, 1.54) is 0 Å². The van der Waals surface area contributed by atoms with Gasteiger partial charge in [0.25, 0.3) is 0 Å². The molecule has 14 heavy (non-hydrogen) atoms. The summed E-state index contributed by atoms with van der Waals surface area (Å²) in [6.07, 6.45) is 0. The van der Waals surface area contributed by atoms with Crippen LogP contribution in [0.1, 0.15) is 19.4 Å². The Hall–Kier alpha value is -0.730. The summed E-state index contributed by atoms with van der Waals surface area (Å²) in [5.41, 5.74) is 7.78. The third-order valence-electron chi connectivity index (χ3n) is 2.00. The van der Waals surface area contributed by atoms with Gasteiger partial charge in [-0.25, -0.2) is 0 Å². The molecule has 0 fully saturated rings. The van der Waals surface area contributed by atoms with E-state index in [-0.39, 0.29) is 5.54 Å². The maximum absolute atomic E-state index is 5.99. The van der Waals surface area contributed by atoms with E-state index in [0.717, 1.165) is 22.8 Å². The highest BCUT2D eigenvalue weighted by Gasteiger charge is 2.10. The van der Waals surface area contributed by atoms with E-state index in [9.17, 15) is 0 Å². The van der Waals surface area contributed by atoms with Crippen molar-refractivity contribution in [1.29, 1.82) is 0 Å². The maximum Gasteiger partial charge on any atom is 0.0455 e. The van der Waals surface area contributed by atoms with E-state index in [4.69, 9.17) is 17.3 Å². The summed E-state index contributed by atoms with van der Waals surface area (Å²) in [5.74, 6) is 0. The van der Waals surface area contributed by atoms with E-state index < -0.39 is 0 Å². The fraction of sp³-hybridized carbons (Fsp3) is 0.455. The molecule has 0 spiro atoms. The van der Waals surface area contributed by atoms with Crippen LogP contribution in [-0.4, -0.2) is 12.1 Å². The lowest BCUT2D eigenvalue weighted by Crippen LogP contribution is -2.39. The molecule has 0 amide bonds. The summed E-state index contributed by atoms with van der Waals surface area (Å²) in [6.45, 7) is 6.70. The Morgan fingerprint density at radius 3 is 2.64 bits per heavy atom. The number of anilines is 1. The van der Waals surface area contributed by atoms with Crippen molar-refractivity contribution >= 4 is 17.3 Å². The molecule has 1 rings (SSSR count). The first kappa shape index (κ1) is 11.3. The molecule has 1 aromatic carbocycles. The minimum atomic E-state index is -0.214. The van der Waals surface area contributed by atoms with E-state index in [1.54, 1.807) is 0 Å². The zero-order chi connectivity index (χ0) is 10.8. The highest BCUT2D eigenvalue weighted by molar-refractivity contribution is 6.31. The standard InChI is InChI=1S/C11H17ClN2/c1-8-9(12)5-4-6-10(8)14-7-11(2,3)13/h4-6,14H,7,13H2,1-3H3. The predicted octanol–water partition coefficient (Wildman–Crippen LogP) is 2.80. The third kappa shape index (κ3) is 3.20. The van der Waals surface area contributed by atoms with Crippen molar-refractivity contribution in [3.63, 3.8) is 0 Å². The van der Waals surface area contributed by atoms with Gasteiger partial charge in [0, 0.05) is 22.8 Å². The number of rotatable bonds is 3. The quantitative estimate of drug-likeness (QED) is 0.809. The molecule has 3 N–H and O–H groups in total. The average molecular weight is 213 g/mol. The minimum Gasteiger partial charge on any atom is -0.383 e. The van der Waals surface area contributed by atoms with Crippen molar-refractivity contribution in [2.24, 2.45) is 5.73 Å². The molecule has 1 aromatic rings. The number of hydrogen-bond acceptors (Lipinski definition) is 2. The summed E-state index contributed by atoms with van der Waals surface area (Å²) >= 11 is 5.99. The average Bonchev–Trinajstić information content (AvgIpc) is 2.06. The van der Waals surface area contributed by atoms with Gasteiger partial charge in [-0.05, 0) is 38.5 Å². The third-order valence-corrected chi connectivity index (χ3v) is 2.41. The second kappa shape index (κ2) is 4.20. The molecule has 0 unspecified atom stereocenters. The number of nitrogens with one attached hydrogen (secondary N) is 1. The molecule has 0 aliphatic carbocycles. The molecule has 0 saturated heterocycles. The van der Waals surface area contributed by atoms with Gasteiger partial charge in [-0.15, -0.1) is 0 Å². The summed E-state index contributed by atoms with van der Waals surface area (Å²) < 4.78 is 0. The monoisotopic (exact) mass is 212 g/mol. The van der Waals surface area contributed by atoms with Gasteiger partial charge in [0.05, 0.1) is 0 Å². The molecule has 0 aromatic heterocycles. The first-order valence-electron chi connectivity index (χ1n) is 4.68. The summed E-state index contributed by atoms with van der Waals surface area (Å²) in [7, 11) is 0. The summed E-state index contributed by atoms with van der Waals surface area (Å²) in [4.78, 5) is 0. The minimum absolute atomic E-state index is 0.214. The van der Waals surface area contributed by atoms with E-state index in [2.05, 4.69) is 5.32 Å². The van der Waals surface area contributed by atoms with Crippen molar-refractivity contribution in [2.75, 3.05) is 11.9 Å². The van der Waals surface area contributed by atoms with Gasteiger partial charge in [0.1, 0.15) is 0 Å². The maximum atomic E-state index is 5.99. The van der Waals surface area contributed by atoms with Crippen LogP contribution in [0.3, 0.4) is 0 Å². The van der Waals surface area contributed by atoms with E-state index >= 15 is 0 Å². The number of halogens is 1. The van der Waals surface area contributed by atoms with Crippen molar-refractivity contribution in [1.82, 2.24) is 0 Å². The topological polar surface area (TPSA) is 38.0 Å². The normalized spacial score (nSPS) is 11.5. The molecular formula is C11H17ClN2. The van der Waals surface area contributed by atoms with Crippen molar-refractivity contribution in [2.45, 2.75) is 26.3 Å². The van der Waals surface area contributed by atoms with Crippen LogP contribution in [0.5, 0.6) is 0 Å². The smallest absolute Gasteiger partial charge is 0.0455 e. The zero-order valence-corrected chi connectivity index (χ0v) is 9.65. The van der Waals surface area contributed by atoms with Gasteiger partial charge in [0.15, 0.2) is 0 Å². The van der Waals surface area contributed by atoms with Crippen LogP contribution in [0, 0.1) is 6.92 Å². The van der Waals surface area contributed by atoms with Crippen LogP contribution in [-0.2, 0) is 0 Å². The van der Waals surface area contributed by atoms with Gasteiger partial charge in [-0.1, -0.05) is 17.7 Å². The van der Waals surface area contributed by atoms with Crippen LogP contribution in [0.15, 0.2) is 18.2 Å². The van der Waals surface area contributed by atoms with E-state index in [0.29, 0.717) is 0 Å². The van der Waals surface area contributed by atoms with Crippen LogP contribution >= 0.6 is 11.6 Å². The van der Waals surface area contributed by atoms with Crippen LogP contribution in [0.2, 0.25) is 5.02 Å². The second-order valence-corrected chi connectivity index (χ2v) is 4.66. The van der Waals surface area contributed by atoms with Gasteiger partial charge in [-0.2, -0.15) is 0 Å². The van der Waals surface area contributed by atoms with Crippen molar-refractivity contribution in [3.8, 4) is 0 Å². The fourth-order valence-electron chi connectivity index (χ4n) is 1.12. The Kier molecular flexibility index (Phi) is 3.40. The lowest BCUT2D eigenvalue weighted by Gasteiger charge is -2.20. The molecule has 2 nitrogen and oxygen atoms in total. The Morgan fingerprint density at radius 2 is 2.07 bits per heavy atom. The first-order valence-corrected chi connectivity index (χ1v) is 5.06. The van der Waals surface area contributed by atoms with Gasteiger partial charge in [-0.3, -0.25) is 0 Å². The number of hydrogen-bond donors (Lipinski definition) is 2. The lowest BCUT2D eigenvalue weighted by atomic mass is 10.1.